The zero-order valence-electron chi connectivity index (χ0n) is 14.7. The molecule has 0 aliphatic heterocycles. The number of aromatic nitrogens is 1. The van der Waals surface area contributed by atoms with Crippen LogP contribution in [0.25, 0.3) is 22.6 Å². The van der Waals surface area contributed by atoms with Gasteiger partial charge in [-0.15, -0.1) is 0 Å². The Labute approximate surface area is 171 Å². The van der Waals surface area contributed by atoms with E-state index >= 15 is 0 Å². The fourth-order valence-electron chi connectivity index (χ4n) is 2.84. The first-order valence-electron chi connectivity index (χ1n) is 8.66. The lowest BCUT2D eigenvalue weighted by molar-refractivity contribution is 0.0509. The van der Waals surface area contributed by atoms with Gasteiger partial charge in [0.1, 0.15) is 5.52 Å². The minimum Gasteiger partial charge on any atom is -0.462 e. The fourth-order valence-corrected chi connectivity index (χ4v) is 3.37. The van der Waals surface area contributed by atoms with Crippen molar-refractivity contribution < 1.29 is 13.9 Å². The lowest BCUT2D eigenvalue weighted by Gasteiger charge is -2.04. The molecule has 4 nitrogen and oxygen atoms in total. The number of hydrogen-bond acceptors (Lipinski definition) is 4. The van der Waals surface area contributed by atoms with E-state index in [1.807, 2.05) is 30.3 Å². The molecule has 4 aromatic rings. The maximum atomic E-state index is 12.3. The molecule has 140 valence electrons. The van der Waals surface area contributed by atoms with Gasteiger partial charge in [0.05, 0.1) is 12.2 Å². The lowest BCUT2D eigenvalue weighted by atomic mass is 10.2. The van der Waals surface area contributed by atoms with Gasteiger partial charge in [0.15, 0.2) is 5.58 Å². The second kappa shape index (κ2) is 8.05. The number of nitrogens with zero attached hydrogens (tertiary/aromatic N) is 1. The van der Waals surface area contributed by atoms with Crippen molar-refractivity contribution in [3.05, 3.63) is 87.9 Å². The predicted octanol–water partition coefficient (Wildman–Crippen LogP) is 6.20. The van der Waals surface area contributed by atoms with Gasteiger partial charge in [0, 0.05) is 22.0 Å². The fraction of sp³-hybridized carbons (Fsp3) is 0.0909. The average molecular weight is 412 g/mol. The summed E-state index contributed by atoms with van der Waals surface area (Å²) in [5.74, 6) is -0.0180. The molecule has 6 heteroatoms. The van der Waals surface area contributed by atoms with Crippen LogP contribution in [0.2, 0.25) is 10.0 Å². The van der Waals surface area contributed by atoms with Crippen LogP contribution in [-0.4, -0.2) is 17.6 Å². The van der Waals surface area contributed by atoms with Gasteiger partial charge < -0.3 is 9.15 Å². The Morgan fingerprint density at radius 1 is 0.964 bits per heavy atom. The Hall–Kier alpha value is -2.82. The number of esters is 1. The van der Waals surface area contributed by atoms with Gasteiger partial charge in [0.25, 0.3) is 0 Å². The molecule has 0 atom stereocenters. The van der Waals surface area contributed by atoms with E-state index in [2.05, 4.69) is 4.98 Å². The third-order valence-electron chi connectivity index (χ3n) is 4.20. The van der Waals surface area contributed by atoms with E-state index in [0.717, 1.165) is 5.56 Å². The highest BCUT2D eigenvalue weighted by molar-refractivity contribution is 6.35. The smallest absolute Gasteiger partial charge is 0.338 e. The summed E-state index contributed by atoms with van der Waals surface area (Å²) in [5.41, 5.74) is 3.31. The molecule has 0 spiro atoms. The van der Waals surface area contributed by atoms with E-state index in [0.29, 0.717) is 51.2 Å². The highest BCUT2D eigenvalue weighted by Gasteiger charge is 2.14. The van der Waals surface area contributed by atoms with Gasteiger partial charge in [-0.2, -0.15) is 0 Å². The van der Waals surface area contributed by atoms with Crippen molar-refractivity contribution in [3.63, 3.8) is 0 Å². The normalized spacial score (nSPS) is 10.9. The van der Waals surface area contributed by atoms with E-state index in [9.17, 15) is 4.79 Å². The van der Waals surface area contributed by atoms with Crippen LogP contribution >= 0.6 is 23.2 Å². The first-order valence-corrected chi connectivity index (χ1v) is 9.42. The van der Waals surface area contributed by atoms with E-state index in [1.165, 1.54) is 0 Å². The summed E-state index contributed by atoms with van der Waals surface area (Å²) < 4.78 is 11.2. The molecule has 28 heavy (non-hydrogen) atoms. The molecule has 0 unspecified atom stereocenters. The number of ether oxygens (including phenoxy) is 1. The number of benzene rings is 3. The van der Waals surface area contributed by atoms with Gasteiger partial charge in [0.2, 0.25) is 5.89 Å². The molecule has 0 N–H and O–H groups in total. The molecular formula is C22H15Cl2NO3. The molecule has 3 aromatic carbocycles. The Morgan fingerprint density at radius 2 is 1.71 bits per heavy atom. The first kappa shape index (κ1) is 18.5. The monoisotopic (exact) mass is 411 g/mol. The van der Waals surface area contributed by atoms with Gasteiger partial charge >= 0.3 is 5.97 Å². The topological polar surface area (TPSA) is 52.3 Å². The number of oxazole rings is 1. The second-order valence-electron chi connectivity index (χ2n) is 6.23. The standard InChI is InChI=1S/C22H15Cl2NO3/c23-17-10-16(11-18(24)13-17)21-25-19-7-6-15(12-20(19)28-21)22(26)27-9-8-14-4-2-1-3-5-14/h1-7,10-13H,8-9H2. The molecule has 4 rings (SSSR count). The number of carbonyl (C=O) groups is 1. The van der Waals surface area contributed by atoms with Crippen molar-refractivity contribution >= 4 is 40.3 Å². The summed E-state index contributed by atoms with van der Waals surface area (Å²) >= 11 is 12.1. The van der Waals surface area contributed by atoms with Gasteiger partial charge in [-0.1, -0.05) is 53.5 Å². The van der Waals surface area contributed by atoms with Gasteiger partial charge in [-0.05, 0) is 42.0 Å². The number of halogens is 2. The Kier molecular flexibility index (Phi) is 5.33. The quantitative estimate of drug-likeness (QED) is 0.366. The van der Waals surface area contributed by atoms with Crippen molar-refractivity contribution in [2.75, 3.05) is 6.61 Å². The van der Waals surface area contributed by atoms with Crippen LogP contribution in [0.5, 0.6) is 0 Å². The third kappa shape index (κ3) is 4.19. The highest BCUT2D eigenvalue weighted by atomic mass is 35.5. The maximum Gasteiger partial charge on any atom is 0.338 e. The van der Waals surface area contributed by atoms with Crippen molar-refractivity contribution in [2.45, 2.75) is 6.42 Å². The molecule has 0 aliphatic carbocycles. The van der Waals surface area contributed by atoms with Crippen molar-refractivity contribution in [1.82, 2.24) is 4.98 Å². The molecule has 1 aromatic heterocycles. The predicted molar refractivity (Wildman–Crippen MR) is 110 cm³/mol. The van der Waals surface area contributed by atoms with E-state index in [4.69, 9.17) is 32.4 Å². The minimum absolute atomic E-state index is 0.309. The third-order valence-corrected chi connectivity index (χ3v) is 4.64. The van der Waals surface area contributed by atoms with E-state index < -0.39 is 5.97 Å². The van der Waals surface area contributed by atoms with Crippen LogP contribution in [-0.2, 0) is 11.2 Å². The van der Waals surface area contributed by atoms with Crippen LogP contribution in [0.1, 0.15) is 15.9 Å². The largest absolute Gasteiger partial charge is 0.462 e. The van der Waals surface area contributed by atoms with Crippen molar-refractivity contribution in [1.29, 1.82) is 0 Å². The molecule has 0 fully saturated rings. The summed E-state index contributed by atoms with van der Waals surface area (Å²) in [7, 11) is 0. The summed E-state index contributed by atoms with van der Waals surface area (Å²) in [6, 6.07) is 20.0. The number of carbonyl (C=O) groups excluding carboxylic acids is 1. The number of fused-ring (bicyclic) bond motifs is 1. The van der Waals surface area contributed by atoms with Crippen LogP contribution in [0.4, 0.5) is 0 Å². The van der Waals surface area contributed by atoms with Crippen LogP contribution in [0.15, 0.2) is 71.1 Å². The molecule has 1 heterocycles. The molecule has 0 saturated carbocycles. The highest BCUT2D eigenvalue weighted by Crippen LogP contribution is 2.29. The summed E-state index contributed by atoms with van der Waals surface area (Å²) in [6.45, 7) is 0.309. The minimum atomic E-state index is -0.401. The summed E-state index contributed by atoms with van der Waals surface area (Å²) in [5, 5.41) is 0.986. The van der Waals surface area contributed by atoms with Crippen LogP contribution in [0.3, 0.4) is 0 Å². The lowest BCUT2D eigenvalue weighted by Crippen LogP contribution is -2.08. The zero-order valence-corrected chi connectivity index (χ0v) is 16.2. The molecule has 0 amide bonds. The Bertz CT molecular complexity index is 1120. The number of rotatable bonds is 5. The molecule has 0 bridgehead atoms. The van der Waals surface area contributed by atoms with E-state index in [-0.39, 0.29) is 0 Å². The molecule has 0 saturated heterocycles. The van der Waals surface area contributed by atoms with Crippen LogP contribution < -0.4 is 0 Å². The Balaban J connectivity index is 1.50. The maximum absolute atomic E-state index is 12.3. The van der Waals surface area contributed by atoms with Gasteiger partial charge in [-0.25, -0.2) is 9.78 Å². The molecule has 0 aliphatic rings. The average Bonchev–Trinajstić information content (AvgIpc) is 3.11. The van der Waals surface area contributed by atoms with Crippen molar-refractivity contribution in [3.8, 4) is 11.5 Å². The summed E-state index contributed by atoms with van der Waals surface area (Å²) in [4.78, 5) is 16.8. The second-order valence-corrected chi connectivity index (χ2v) is 7.10. The SMILES string of the molecule is O=C(OCCc1ccccc1)c1ccc2nc(-c3cc(Cl)cc(Cl)c3)oc2c1. The molecular weight excluding hydrogens is 397 g/mol. The summed E-state index contributed by atoms with van der Waals surface area (Å²) in [6.07, 6.45) is 0.663. The van der Waals surface area contributed by atoms with Crippen LogP contribution in [0, 0.1) is 0 Å². The first-order chi connectivity index (χ1) is 13.6. The molecule has 0 radical (unpaired) electrons. The zero-order chi connectivity index (χ0) is 19.5. The van der Waals surface area contributed by atoms with Crippen molar-refractivity contribution in [2.24, 2.45) is 0 Å². The van der Waals surface area contributed by atoms with Gasteiger partial charge in [-0.3, -0.25) is 0 Å². The van der Waals surface area contributed by atoms with E-state index in [1.54, 1.807) is 36.4 Å². The Morgan fingerprint density at radius 3 is 2.46 bits per heavy atom. The number of hydrogen-bond donors (Lipinski definition) is 0.